The Kier molecular flexibility index (Phi) is 14.1. The van der Waals surface area contributed by atoms with E-state index < -0.39 is 24.3 Å². The van der Waals surface area contributed by atoms with Gasteiger partial charge in [0.1, 0.15) is 0 Å². The highest BCUT2D eigenvalue weighted by molar-refractivity contribution is 5.66. The minimum atomic E-state index is -0.919. The molecule has 136 valence electrons. The quantitative estimate of drug-likeness (QED) is 0.273. The number of hydrogen-bond acceptors (Lipinski definition) is 4. The van der Waals surface area contributed by atoms with Gasteiger partial charge in [-0.3, -0.25) is 4.79 Å². The van der Waals surface area contributed by atoms with E-state index in [9.17, 15) is 20.1 Å². The Labute approximate surface area is 140 Å². The summed E-state index contributed by atoms with van der Waals surface area (Å²) in [7, 11) is 0. The summed E-state index contributed by atoms with van der Waals surface area (Å²) in [6, 6.07) is 0. The Hall–Kier alpha value is -0.910. The summed E-state index contributed by atoms with van der Waals surface area (Å²) in [6.07, 6.45) is 9.60. The van der Waals surface area contributed by atoms with Crippen LogP contribution in [-0.2, 0) is 4.79 Å². The third-order valence-corrected chi connectivity index (χ3v) is 3.92. The third kappa shape index (κ3) is 14.4. The fraction of sp³-hybridized carbons (Fsp3) is 0.833. The molecule has 0 aliphatic carbocycles. The van der Waals surface area contributed by atoms with E-state index in [0.29, 0.717) is 19.3 Å². The van der Waals surface area contributed by atoms with Gasteiger partial charge in [-0.05, 0) is 19.3 Å². The van der Waals surface area contributed by atoms with Gasteiger partial charge in [-0.25, -0.2) is 0 Å². The second kappa shape index (κ2) is 14.7. The van der Waals surface area contributed by atoms with E-state index in [1.807, 2.05) is 0 Å². The van der Waals surface area contributed by atoms with E-state index >= 15 is 0 Å². The lowest BCUT2D eigenvalue weighted by Gasteiger charge is -2.14. The van der Waals surface area contributed by atoms with Crippen molar-refractivity contribution in [2.24, 2.45) is 0 Å². The third-order valence-electron chi connectivity index (χ3n) is 3.92. The van der Waals surface area contributed by atoms with Crippen LogP contribution < -0.4 is 0 Å². The van der Waals surface area contributed by atoms with Crippen LogP contribution in [-0.4, -0.2) is 44.7 Å². The standard InChI is InChI=1S/C18H34O5/c1-2-3-7-11-16(20)17(21)14-13-15(19)10-8-5-4-6-9-12-18(22)23/h13-17,19-21H,2-12H2,1H3,(H,22,23)/t15-,16-,17-/m0/s1. The van der Waals surface area contributed by atoms with Crippen molar-refractivity contribution in [1.29, 1.82) is 0 Å². The van der Waals surface area contributed by atoms with Crippen LogP contribution in [0.25, 0.3) is 0 Å². The molecule has 0 radical (unpaired) electrons. The smallest absolute Gasteiger partial charge is 0.303 e. The van der Waals surface area contributed by atoms with E-state index in [0.717, 1.165) is 44.9 Å². The molecule has 0 fully saturated rings. The van der Waals surface area contributed by atoms with Crippen LogP contribution in [0, 0.1) is 0 Å². The van der Waals surface area contributed by atoms with Crippen molar-refractivity contribution in [3.05, 3.63) is 12.2 Å². The van der Waals surface area contributed by atoms with E-state index in [1.165, 1.54) is 6.08 Å². The molecule has 0 amide bonds. The number of aliphatic hydroxyl groups is 3. The summed E-state index contributed by atoms with van der Waals surface area (Å²) >= 11 is 0. The number of carbonyl (C=O) groups is 1. The first-order valence-electron chi connectivity index (χ1n) is 8.91. The zero-order valence-corrected chi connectivity index (χ0v) is 14.4. The molecule has 0 aromatic rings. The number of carboxylic acid groups (broad SMARTS) is 1. The Morgan fingerprint density at radius 1 is 0.870 bits per heavy atom. The molecule has 0 heterocycles. The SMILES string of the molecule is CCCCC[C@H](O)[C@@H](O)C=C[C@@H](O)CCCCCCCC(=O)O. The molecule has 5 heteroatoms. The molecule has 0 rings (SSSR count). The number of hydrogen-bond donors (Lipinski definition) is 4. The summed E-state index contributed by atoms with van der Waals surface area (Å²) < 4.78 is 0. The maximum Gasteiger partial charge on any atom is 0.303 e. The molecule has 0 aromatic heterocycles. The first kappa shape index (κ1) is 22.1. The van der Waals surface area contributed by atoms with E-state index in [1.54, 1.807) is 6.08 Å². The van der Waals surface area contributed by atoms with Crippen molar-refractivity contribution in [3.63, 3.8) is 0 Å². The van der Waals surface area contributed by atoms with Crippen molar-refractivity contribution < 1.29 is 25.2 Å². The highest BCUT2D eigenvalue weighted by Crippen LogP contribution is 2.11. The number of unbranched alkanes of at least 4 members (excludes halogenated alkanes) is 6. The molecule has 5 nitrogen and oxygen atoms in total. The van der Waals surface area contributed by atoms with Crippen LogP contribution in [0.3, 0.4) is 0 Å². The van der Waals surface area contributed by atoms with Gasteiger partial charge in [0.15, 0.2) is 0 Å². The van der Waals surface area contributed by atoms with Crippen LogP contribution in [0.15, 0.2) is 12.2 Å². The number of rotatable bonds is 15. The van der Waals surface area contributed by atoms with Crippen LogP contribution in [0.4, 0.5) is 0 Å². The van der Waals surface area contributed by atoms with Gasteiger partial charge < -0.3 is 20.4 Å². The second-order valence-corrected chi connectivity index (χ2v) is 6.21. The molecule has 0 aliphatic rings. The van der Waals surface area contributed by atoms with Gasteiger partial charge in [0.25, 0.3) is 0 Å². The normalized spacial score (nSPS) is 15.7. The van der Waals surface area contributed by atoms with Gasteiger partial charge in [-0.2, -0.15) is 0 Å². The predicted molar refractivity (Wildman–Crippen MR) is 91.3 cm³/mol. The summed E-state index contributed by atoms with van der Waals surface area (Å²) in [4.78, 5) is 10.3. The highest BCUT2D eigenvalue weighted by atomic mass is 16.4. The van der Waals surface area contributed by atoms with Crippen molar-refractivity contribution in [2.45, 2.75) is 95.9 Å². The molecule has 0 bridgehead atoms. The van der Waals surface area contributed by atoms with Gasteiger partial charge in [0.05, 0.1) is 18.3 Å². The lowest BCUT2D eigenvalue weighted by Crippen LogP contribution is -2.24. The summed E-state index contributed by atoms with van der Waals surface area (Å²) in [5, 5.41) is 37.9. The summed E-state index contributed by atoms with van der Waals surface area (Å²) in [6.45, 7) is 2.09. The molecule has 0 aliphatic heterocycles. The maximum absolute atomic E-state index is 10.3. The van der Waals surface area contributed by atoms with E-state index in [2.05, 4.69) is 6.92 Å². The number of aliphatic hydroxyl groups excluding tert-OH is 3. The fourth-order valence-corrected chi connectivity index (χ4v) is 2.40. The molecule has 3 atom stereocenters. The molecule has 0 spiro atoms. The number of aliphatic carboxylic acids is 1. The topological polar surface area (TPSA) is 98.0 Å². The molecule has 23 heavy (non-hydrogen) atoms. The number of carboxylic acids is 1. The second-order valence-electron chi connectivity index (χ2n) is 6.21. The summed E-state index contributed by atoms with van der Waals surface area (Å²) in [5.74, 6) is -0.749. The minimum Gasteiger partial charge on any atom is -0.481 e. The van der Waals surface area contributed by atoms with Gasteiger partial charge in [-0.15, -0.1) is 0 Å². The van der Waals surface area contributed by atoms with Crippen molar-refractivity contribution in [2.75, 3.05) is 0 Å². The van der Waals surface area contributed by atoms with Gasteiger partial charge in [-0.1, -0.05) is 64.0 Å². The Bertz CT molecular complexity index is 317. The first-order chi connectivity index (χ1) is 11.0. The lowest BCUT2D eigenvalue weighted by molar-refractivity contribution is -0.137. The monoisotopic (exact) mass is 330 g/mol. The molecular formula is C18H34O5. The Morgan fingerprint density at radius 3 is 2.13 bits per heavy atom. The van der Waals surface area contributed by atoms with Crippen molar-refractivity contribution in [3.8, 4) is 0 Å². The zero-order chi connectivity index (χ0) is 17.5. The zero-order valence-electron chi connectivity index (χ0n) is 14.4. The van der Waals surface area contributed by atoms with Gasteiger partial charge >= 0.3 is 5.97 Å². The fourth-order valence-electron chi connectivity index (χ4n) is 2.40. The molecule has 4 N–H and O–H groups in total. The average Bonchev–Trinajstić information content (AvgIpc) is 2.51. The van der Waals surface area contributed by atoms with Crippen LogP contribution in [0.2, 0.25) is 0 Å². The van der Waals surface area contributed by atoms with Gasteiger partial charge in [0.2, 0.25) is 0 Å². The molecule has 0 saturated carbocycles. The molecular weight excluding hydrogens is 296 g/mol. The Morgan fingerprint density at radius 2 is 1.48 bits per heavy atom. The van der Waals surface area contributed by atoms with E-state index in [4.69, 9.17) is 5.11 Å². The average molecular weight is 330 g/mol. The van der Waals surface area contributed by atoms with Crippen molar-refractivity contribution >= 4 is 5.97 Å². The minimum absolute atomic E-state index is 0.226. The predicted octanol–water partition coefficient (Wildman–Crippen LogP) is 3.02. The Balaban J connectivity index is 3.66. The van der Waals surface area contributed by atoms with Crippen LogP contribution >= 0.6 is 0 Å². The first-order valence-corrected chi connectivity index (χ1v) is 8.91. The largest absolute Gasteiger partial charge is 0.481 e. The summed E-state index contributed by atoms with van der Waals surface area (Å²) in [5.41, 5.74) is 0. The maximum atomic E-state index is 10.3. The molecule has 0 aromatic carbocycles. The molecule has 0 unspecified atom stereocenters. The lowest BCUT2D eigenvalue weighted by atomic mass is 10.0. The highest BCUT2D eigenvalue weighted by Gasteiger charge is 2.12. The van der Waals surface area contributed by atoms with E-state index in [-0.39, 0.29) is 6.42 Å². The van der Waals surface area contributed by atoms with Crippen LogP contribution in [0.5, 0.6) is 0 Å². The van der Waals surface area contributed by atoms with Crippen molar-refractivity contribution in [1.82, 2.24) is 0 Å². The van der Waals surface area contributed by atoms with Gasteiger partial charge in [0, 0.05) is 6.42 Å². The molecule has 0 saturated heterocycles. The van der Waals surface area contributed by atoms with Crippen LogP contribution in [0.1, 0.15) is 77.6 Å².